The van der Waals surface area contributed by atoms with Gasteiger partial charge in [-0.25, -0.2) is 8.42 Å². The normalized spacial score (nSPS) is 14.4. The van der Waals surface area contributed by atoms with Crippen molar-refractivity contribution >= 4 is 27.5 Å². The summed E-state index contributed by atoms with van der Waals surface area (Å²) in [5.74, 6) is -0.325. The highest BCUT2D eigenvalue weighted by Crippen LogP contribution is 2.23. The van der Waals surface area contributed by atoms with Gasteiger partial charge in [-0.15, -0.1) is 0 Å². The van der Waals surface area contributed by atoms with Crippen molar-refractivity contribution in [3.8, 4) is 0 Å². The Morgan fingerprint density at radius 3 is 2.20 bits per heavy atom. The van der Waals surface area contributed by atoms with Crippen LogP contribution in [0, 0.1) is 13.8 Å². The number of benzene rings is 3. The maximum absolute atomic E-state index is 13.3. The molecule has 8 heteroatoms. The number of hydrogen-bond donors (Lipinski definition) is 2. The first-order chi connectivity index (χ1) is 16.7. The van der Waals surface area contributed by atoms with Crippen LogP contribution >= 0.6 is 0 Å². The minimum atomic E-state index is -3.86. The minimum absolute atomic E-state index is 0.0159. The summed E-state index contributed by atoms with van der Waals surface area (Å²) in [5.41, 5.74) is 3.00. The first-order valence-corrected chi connectivity index (χ1v) is 13.1. The third kappa shape index (κ3) is 5.71. The number of piperidine rings is 1. The van der Waals surface area contributed by atoms with Crippen molar-refractivity contribution < 1.29 is 18.0 Å². The molecule has 2 amide bonds. The molecule has 1 aliphatic rings. The van der Waals surface area contributed by atoms with Crippen LogP contribution in [0.4, 0.5) is 5.69 Å². The molecule has 182 valence electrons. The van der Waals surface area contributed by atoms with Gasteiger partial charge in [0.2, 0.25) is 0 Å². The molecule has 0 saturated carbocycles. The first-order valence-electron chi connectivity index (χ1n) is 11.6. The molecular formula is C27H29N3O4S. The highest BCUT2D eigenvalue weighted by atomic mass is 32.2. The summed E-state index contributed by atoms with van der Waals surface area (Å²) in [6.07, 6.45) is 1.27. The van der Waals surface area contributed by atoms with E-state index in [1.807, 2.05) is 37.3 Å². The molecule has 0 atom stereocenters. The molecule has 1 aliphatic heterocycles. The van der Waals surface area contributed by atoms with Crippen molar-refractivity contribution in [3.63, 3.8) is 0 Å². The Hall–Kier alpha value is -3.65. The lowest BCUT2D eigenvalue weighted by atomic mass is 10.0. The highest BCUT2D eigenvalue weighted by molar-refractivity contribution is 7.92. The van der Waals surface area contributed by atoms with Gasteiger partial charge in [-0.3, -0.25) is 14.3 Å². The summed E-state index contributed by atoms with van der Waals surface area (Å²) in [6.45, 7) is 4.59. The Labute approximate surface area is 206 Å². The minimum Gasteiger partial charge on any atom is -0.349 e. The quantitative estimate of drug-likeness (QED) is 0.542. The van der Waals surface area contributed by atoms with Gasteiger partial charge < -0.3 is 10.2 Å². The summed E-state index contributed by atoms with van der Waals surface area (Å²) < 4.78 is 28.6. The smallest absolute Gasteiger partial charge is 0.261 e. The van der Waals surface area contributed by atoms with Gasteiger partial charge >= 0.3 is 0 Å². The van der Waals surface area contributed by atoms with E-state index >= 15 is 0 Å². The van der Waals surface area contributed by atoms with Crippen molar-refractivity contribution in [1.29, 1.82) is 0 Å². The number of nitrogens with zero attached hydrogens (tertiary/aromatic N) is 1. The largest absolute Gasteiger partial charge is 0.349 e. The predicted molar refractivity (Wildman–Crippen MR) is 136 cm³/mol. The van der Waals surface area contributed by atoms with E-state index in [1.165, 1.54) is 12.1 Å². The molecule has 1 saturated heterocycles. The zero-order valence-corrected chi connectivity index (χ0v) is 20.6. The van der Waals surface area contributed by atoms with Crippen molar-refractivity contribution in [2.45, 2.75) is 37.6 Å². The van der Waals surface area contributed by atoms with E-state index in [9.17, 15) is 18.0 Å². The summed E-state index contributed by atoms with van der Waals surface area (Å²) in [5, 5.41) is 3.04. The first kappa shape index (κ1) is 24.5. The van der Waals surface area contributed by atoms with E-state index < -0.39 is 10.0 Å². The van der Waals surface area contributed by atoms with Gasteiger partial charge in [-0.2, -0.15) is 0 Å². The fourth-order valence-corrected chi connectivity index (χ4v) is 5.30. The molecule has 0 aliphatic carbocycles. The Kier molecular flexibility index (Phi) is 7.21. The van der Waals surface area contributed by atoms with E-state index in [0.29, 0.717) is 48.3 Å². The number of hydrogen-bond acceptors (Lipinski definition) is 4. The molecular weight excluding hydrogens is 462 g/mol. The Morgan fingerprint density at radius 1 is 0.857 bits per heavy atom. The van der Waals surface area contributed by atoms with E-state index in [1.54, 1.807) is 42.2 Å². The van der Waals surface area contributed by atoms with Gasteiger partial charge in [0.15, 0.2) is 0 Å². The van der Waals surface area contributed by atoms with Gasteiger partial charge in [0.25, 0.3) is 21.8 Å². The molecule has 3 aromatic rings. The van der Waals surface area contributed by atoms with Gasteiger partial charge in [-0.05, 0) is 68.1 Å². The molecule has 2 N–H and O–H groups in total. The maximum Gasteiger partial charge on any atom is 0.261 e. The lowest BCUT2D eigenvalue weighted by molar-refractivity contribution is 0.0697. The number of anilines is 1. The fraction of sp³-hybridized carbons (Fsp3) is 0.259. The van der Waals surface area contributed by atoms with Crippen molar-refractivity contribution in [2.75, 3.05) is 17.8 Å². The van der Waals surface area contributed by atoms with Crippen molar-refractivity contribution in [3.05, 3.63) is 95.1 Å². The standard InChI is InChI=1S/C27H29N3O4S/c1-19-12-13-23(35(33,34)29-25-11-7-6-8-20(25)2)18-24(19)27(32)30-16-14-22(15-17-30)28-26(31)21-9-4-3-5-10-21/h3-13,18,22,29H,14-17H2,1-2H3,(H,28,31). The Balaban J connectivity index is 1.43. The Morgan fingerprint density at radius 2 is 1.51 bits per heavy atom. The number of carbonyl (C=O) groups excluding carboxylic acids is 2. The average molecular weight is 492 g/mol. The van der Waals surface area contributed by atoms with E-state index in [-0.39, 0.29) is 22.8 Å². The number of carbonyl (C=O) groups is 2. The monoisotopic (exact) mass is 491 g/mol. The average Bonchev–Trinajstić information content (AvgIpc) is 2.86. The highest BCUT2D eigenvalue weighted by Gasteiger charge is 2.27. The second-order valence-electron chi connectivity index (χ2n) is 8.80. The van der Waals surface area contributed by atoms with E-state index in [2.05, 4.69) is 10.0 Å². The van der Waals surface area contributed by atoms with Crippen molar-refractivity contribution in [1.82, 2.24) is 10.2 Å². The SMILES string of the molecule is Cc1ccccc1NS(=O)(=O)c1ccc(C)c(C(=O)N2CCC(NC(=O)c3ccccc3)CC2)c1. The van der Waals surface area contributed by atoms with Gasteiger partial charge in [0, 0.05) is 30.3 Å². The van der Waals surface area contributed by atoms with Crippen LogP contribution in [-0.2, 0) is 10.0 Å². The van der Waals surface area contributed by atoms with Crippen LogP contribution in [0.15, 0.2) is 77.7 Å². The number of para-hydroxylation sites is 1. The van der Waals surface area contributed by atoms with Crippen molar-refractivity contribution in [2.24, 2.45) is 0 Å². The number of sulfonamides is 1. The lowest BCUT2D eigenvalue weighted by Gasteiger charge is -2.33. The molecule has 0 unspecified atom stereocenters. The van der Waals surface area contributed by atoms with Crippen LogP contribution in [0.2, 0.25) is 0 Å². The number of rotatable bonds is 6. The Bertz CT molecular complexity index is 1330. The molecule has 4 rings (SSSR count). The van der Waals surface area contributed by atoms with Gasteiger partial charge in [0.05, 0.1) is 10.6 Å². The molecule has 1 heterocycles. The van der Waals surface area contributed by atoms with E-state index in [4.69, 9.17) is 0 Å². The third-order valence-electron chi connectivity index (χ3n) is 6.29. The van der Waals surface area contributed by atoms with Crippen LogP contribution in [0.5, 0.6) is 0 Å². The van der Waals surface area contributed by atoms with Crippen LogP contribution in [0.25, 0.3) is 0 Å². The van der Waals surface area contributed by atoms with E-state index in [0.717, 1.165) is 5.56 Å². The molecule has 7 nitrogen and oxygen atoms in total. The molecule has 0 spiro atoms. The molecule has 0 bridgehead atoms. The third-order valence-corrected chi connectivity index (χ3v) is 7.66. The lowest BCUT2D eigenvalue weighted by Crippen LogP contribution is -2.46. The maximum atomic E-state index is 13.3. The molecule has 1 fully saturated rings. The zero-order chi connectivity index (χ0) is 25.0. The molecule has 3 aromatic carbocycles. The topological polar surface area (TPSA) is 95.6 Å². The van der Waals surface area contributed by atoms with Crippen LogP contribution in [0.3, 0.4) is 0 Å². The van der Waals surface area contributed by atoms with Gasteiger partial charge in [-0.1, -0.05) is 42.5 Å². The number of amides is 2. The summed E-state index contributed by atoms with van der Waals surface area (Å²) in [4.78, 5) is 27.5. The number of likely N-dealkylation sites (tertiary alicyclic amines) is 1. The zero-order valence-electron chi connectivity index (χ0n) is 19.8. The predicted octanol–water partition coefficient (Wildman–Crippen LogP) is 4.14. The number of nitrogens with one attached hydrogen (secondary N) is 2. The van der Waals surface area contributed by atoms with Gasteiger partial charge in [0.1, 0.15) is 0 Å². The summed E-state index contributed by atoms with van der Waals surface area (Å²) >= 11 is 0. The van der Waals surface area contributed by atoms with Crippen LogP contribution in [-0.4, -0.2) is 44.3 Å². The summed E-state index contributed by atoms with van der Waals surface area (Å²) in [6, 6.07) is 20.8. The molecule has 0 aromatic heterocycles. The molecule has 35 heavy (non-hydrogen) atoms. The molecule has 0 radical (unpaired) electrons. The second kappa shape index (κ2) is 10.3. The number of aryl methyl sites for hydroxylation is 2. The van der Waals surface area contributed by atoms with Crippen LogP contribution in [0.1, 0.15) is 44.7 Å². The summed E-state index contributed by atoms with van der Waals surface area (Å²) in [7, 11) is -3.86. The fourth-order valence-electron chi connectivity index (χ4n) is 4.15. The van der Waals surface area contributed by atoms with Crippen LogP contribution < -0.4 is 10.0 Å². The second-order valence-corrected chi connectivity index (χ2v) is 10.5.